The molecule has 0 atom stereocenters. The van der Waals surface area contributed by atoms with Gasteiger partial charge in [-0.2, -0.15) is 0 Å². The van der Waals surface area contributed by atoms with Crippen LogP contribution in [0.2, 0.25) is 0 Å². The van der Waals surface area contributed by atoms with Gasteiger partial charge >= 0.3 is 0 Å². The summed E-state index contributed by atoms with van der Waals surface area (Å²) in [4.78, 5) is 13.0. The van der Waals surface area contributed by atoms with Gasteiger partial charge in [0.25, 0.3) is 5.69 Å². The van der Waals surface area contributed by atoms with E-state index in [-0.39, 0.29) is 5.69 Å². The first-order valence-corrected chi connectivity index (χ1v) is 5.45. The zero-order valence-corrected chi connectivity index (χ0v) is 10.3. The maximum absolute atomic E-state index is 10.7. The van der Waals surface area contributed by atoms with Crippen LogP contribution in [0.4, 0.5) is 5.69 Å². The fourth-order valence-electron chi connectivity index (χ4n) is 1.49. The Morgan fingerprint density at radius 3 is 2.78 bits per heavy atom. The van der Waals surface area contributed by atoms with Gasteiger partial charge in [0.05, 0.1) is 11.5 Å². The predicted molar refractivity (Wildman–Crippen MR) is 66.7 cm³/mol. The average molecular weight is 250 g/mol. The second kappa shape index (κ2) is 6.46. The molecule has 96 valence electrons. The minimum absolute atomic E-state index is 0.0916. The molecule has 7 nitrogen and oxygen atoms in total. The fourth-order valence-corrected chi connectivity index (χ4v) is 1.49. The maximum atomic E-state index is 10.7. The van der Waals surface area contributed by atoms with Crippen molar-refractivity contribution in [3.63, 3.8) is 0 Å². The first kappa shape index (κ1) is 13.8. The van der Waals surface area contributed by atoms with Crippen LogP contribution >= 0.6 is 0 Å². The van der Waals surface area contributed by atoms with E-state index in [1.54, 1.807) is 19.9 Å². The van der Waals surface area contributed by atoms with Crippen molar-refractivity contribution in [1.82, 2.24) is 0 Å². The highest BCUT2D eigenvalue weighted by molar-refractivity contribution is 5.49. The lowest BCUT2D eigenvalue weighted by Gasteiger charge is -2.09. The molecule has 0 aliphatic carbocycles. The average Bonchev–Trinajstić information content (AvgIpc) is 2.32. The zero-order valence-electron chi connectivity index (χ0n) is 10.3. The van der Waals surface area contributed by atoms with Crippen LogP contribution in [0, 0.1) is 24.0 Å². The van der Waals surface area contributed by atoms with Gasteiger partial charge in [-0.1, -0.05) is 5.11 Å². The van der Waals surface area contributed by atoms with E-state index in [0.29, 0.717) is 30.9 Å². The first-order chi connectivity index (χ1) is 8.56. The number of nitrogens with zero attached hydrogens (tertiary/aromatic N) is 4. The number of hydrogen-bond acceptors (Lipinski definition) is 4. The van der Waals surface area contributed by atoms with Gasteiger partial charge in [0.15, 0.2) is 0 Å². The van der Waals surface area contributed by atoms with E-state index in [9.17, 15) is 10.1 Å². The maximum Gasteiger partial charge on any atom is 0.272 e. The van der Waals surface area contributed by atoms with Crippen molar-refractivity contribution in [3.05, 3.63) is 43.8 Å². The van der Waals surface area contributed by atoms with Crippen molar-refractivity contribution in [2.24, 2.45) is 5.11 Å². The molecule has 7 heteroatoms. The van der Waals surface area contributed by atoms with Gasteiger partial charge in [-0.05, 0) is 37.4 Å². The quantitative estimate of drug-likeness (QED) is 0.193. The molecule has 1 rings (SSSR count). The molecule has 1 aromatic rings. The van der Waals surface area contributed by atoms with Gasteiger partial charge in [-0.3, -0.25) is 10.1 Å². The number of aryl methyl sites for hydroxylation is 2. The highest BCUT2D eigenvalue weighted by Crippen LogP contribution is 2.27. The third-order valence-electron chi connectivity index (χ3n) is 2.41. The van der Waals surface area contributed by atoms with Gasteiger partial charge in [0.2, 0.25) is 0 Å². The van der Waals surface area contributed by atoms with E-state index >= 15 is 0 Å². The predicted octanol–water partition coefficient (Wildman–Crippen LogP) is 3.29. The summed E-state index contributed by atoms with van der Waals surface area (Å²) in [5.41, 5.74) is 9.47. The SMILES string of the molecule is Cc1cc([N+](=O)[O-])c(C)cc1OCCCN=[N+]=[N-]. The molecule has 18 heavy (non-hydrogen) atoms. The van der Waals surface area contributed by atoms with Crippen LogP contribution in [0.1, 0.15) is 17.5 Å². The molecule has 0 spiro atoms. The standard InChI is InChI=1S/C11H14N4O3/c1-8-7-11(18-5-3-4-13-14-12)9(2)6-10(8)15(16)17/h6-7H,3-5H2,1-2H3. The van der Waals surface area contributed by atoms with Crippen LogP contribution < -0.4 is 4.74 Å². The molecule has 0 unspecified atom stereocenters. The van der Waals surface area contributed by atoms with Gasteiger partial charge in [-0.25, -0.2) is 0 Å². The Morgan fingerprint density at radius 2 is 2.17 bits per heavy atom. The Kier molecular flexibility index (Phi) is 4.95. The summed E-state index contributed by atoms with van der Waals surface area (Å²) in [6.45, 7) is 4.22. The Bertz CT molecular complexity index is 495. The molecule has 0 saturated heterocycles. The zero-order chi connectivity index (χ0) is 13.5. The van der Waals surface area contributed by atoms with Crippen molar-refractivity contribution in [1.29, 1.82) is 0 Å². The van der Waals surface area contributed by atoms with Crippen LogP contribution in [0.15, 0.2) is 17.2 Å². The van der Waals surface area contributed by atoms with E-state index < -0.39 is 4.92 Å². The molecule has 0 bridgehead atoms. The fraction of sp³-hybridized carbons (Fsp3) is 0.455. The van der Waals surface area contributed by atoms with Gasteiger partial charge in [-0.15, -0.1) is 0 Å². The minimum Gasteiger partial charge on any atom is -0.493 e. The smallest absolute Gasteiger partial charge is 0.272 e. The number of ether oxygens (including phenoxy) is 1. The van der Waals surface area contributed by atoms with E-state index in [1.165, 1.54) is 6.07 Å². The molecule has 0 radical (unpaired) electrons. The molecular weight excluding hydrogens is 236 g/mol. The monoisotopic (exact) mass is 250 g/mol. The summed E-state index contributed by atoms with van der Waals surface area (Å²) < 4.78 is 5.49. The van der Waals surface area contributed by atoms with Crippen molar-refractivity contribution < 1.29 is 9.66 Å². The number of nitro benzene ring substituents is 1. The van der Waals surface area contributed by atoms with Crippen molar-refractivity contribution in [2.75, 3.05) is 13.2 Å². The molecule has 0 heterocycles. The van der Waals surface area contributed by atoms with Crippen molar-refractivity contribution >= 4 is 5.69 Å². The molecular formula is C11H14N4O3. The third kappa shape index (κ3) is 3.64. The van der Waals surface area contributed by atoms with Crippen LogP contribution in [0.25, 0.3) is 10.4 Å². The molecule has 0 amide bonds. The number of azide groups is 1. The van der Waals surface area contributed by atoms with Gasteiger partial charge in [0.1, 0.15) is 5.75 Å². The largest absolute Gasteiger partial charge is 0.493 e. The lowest BCUT2D eigenvalue weighted by molar-refractivity contribution is -0.385. The first-order valence-electron chi connectivity index (χ1n) is 5.45. The van der Waals surface area contributed by atoms with E-state index in [0.717, 1.165) is 5.56 Å². The van der Waals surface area contributed by atoms with Crippen LogP contribution in [-0.4, -0.2) is 18.1 Å². The molecule has 0 fully saturated rings. The Balaban J connectivity index is 2.70. The summed E-state index contributed by atoms with van der Waals surface area (Å²) in [5, 5.41) is 14.1. The Labute approximate surface area is 104 Å². The number of benzene rings is 1. The Hall–Kier alpha value is -2.27. The number of nitro groups is 1. The van der Waals surface area contributed by atoms with Crippen molar-refractivity contribution in [2.45, 2.75) is 20.3 Å². The molecule has 0 aliphatic rings. The number of rotatable bonds is 6. The molecule has 0 aliphatic heterocycles. The second-order valence-corrected chi connectivity index (χ2v) is 3.82. The number of hydrogen-bond donors (Lipinski definition) is 0. The topological polar surface area (TPSA) is 101 Å². The highest BCUT2D eigenvalue weighted by Gasteiger charge is 2.13. The summed E-state index contributed by atoms with van der Waals surface area (Å²) in [6.07, 6.45) is 0.611. The molecule has 0 saturated carbocycles. The normalized spacial score (nSPS) is 9.67. The molecule has 1 aromatic carbocycles. The summed E-state index contributed by atoms with van der Waals surface area (Å²) in [7, 11) is 0. The molecule has 0 aromatic heterocycles. The minimum atomic E-state index is -0.409. The van der Waals surface area contributed by atoms with Crippen LogP contribution in [0.5, 0.6) is 5.75 Å². The van der Waals surface area contributed by atoms with Gasteiger partial charge < -0.3 is 4.74 Å². The lowest BCUT2D eigenvalue weighted by Crippen LogP contribution is -2.02. The molecule has 0 N–H and O–H groups in total. The van der Waals surface area contributed by atoms with Crippen molar-refractivity contribution in [3.8, 4) is 5.75 Å². The van der Waals surface area contributed by atoms with Crippen LogP contribution in [0.3, 0.4) is 0 Å². The summed E-state index contributed by atoms with van der Waals surface area (Å²) >= 11 is 0. The lowest BCUT2D eigenvalue weighted by atomic mass is 10.1. The van der Waals surface area contributed by atoms with E-state index in [4.69, 9.17) is 10.3 Å². The third-order valence-corrected chi connectivity index (χ3v) is 2.41. The Morgan fingerprint density at radius 1 is 1.44 bits per heavy atom. The van der Waals surface area contributed by atoms with E-state index in [2.05, 4.69) is 10.0 Å². The van der Waals surface area contributed by atoms with Gasteiger partial charge in [0, 0.05) is 23.1 Å². The summed E-state index contributed by atoms with van der Waals surface area (Å²) in [5.74, 6) is 0.624. The van der Waals surface area contributed by atoms with E-state index in [1.807, 2.05) is 0 Å². The highest BCUT2D eigenvalue weighted by atomic mass is 16.6. The second-order valence-electron chi connectivity index (χ2n) is 3.82. The van der Waals surface area contributed by atoms with Crippen LogP contribution in [-0.2, 0) is 0 Å². The summed E-state index contributed by atoms with van der Waals surface area (Å²) in [6, 6.07) is 3.15.